The van der Waals surface area contributed by atoms with Crippen LogP contribution in [-0.4, -0.2) is 29.6 Å². The van der Waals surface area contributed by atoms with Gasteiger partial charge in [0.1, 0.15) is 5.60 Å². The molecule has 2 aromatic rings. The molecule has 174 valence electrons. The van der Waals surface area contributed by atoms with E-state index in [1.807, 2.05) is 6.07 Å². The van der Waals surface area contributed by atoms with Gasteiger partial charge in [-0.1, -0.05) is 42.5 Å². The zero-order valence-corrected chi connectivity index (χ0v) is 19.3. The van der Waals surface area contributed by atoms with Gasteiger partial charge in [-0.25, -0.2) is 4.79 Å². The molecule has 0 heterocycles. The summed E-state index contributed by atoms with van der Waals surface area (Å²) in [4.78, 5) is 38.7. The maximum absolute atomic E-state index is 13.1. The summed E-state index contributed by atoms with van der Waals surface area (Å²) in [6.07, 6.45) is 1.91. The fraction of sp³-hybridized carbons (Fsp3) is 0.360. The minimum atomic E-state index is -1.38. The van der Waals surface area contributed by atoms with Crippen molar-refractivity contribution in [1.82, 2.24) is 5.32 Å². The van der Waals surface area contributed by atoms with Crippen LogP contribution in [0.5, 0.6) is 0 Å². The van der Waals surface area contributed by atoms with Gasteiger partial charge in [-0.2, -0.15) is 5.10 Å². The number of nitrogens with one attached hydrogen (secondary N) is 2. The highest BCUT2D eigenvalue weighted by atomic mass is 16.6. The van der Waals surface area contributed by atoms with E-state index >= 15 is 0 Å². The van der Waals surface area contributed by atoms with E-state index in [9.17, 15) is 14.4 Å². The van der Waals surface area contributed by atoms with E-state index in [1.165, 1.54) is 6.21 Å². The van der Waals surface area contributed by atoms with Crippen LogP contribution in [-0.2, 0) is 24.7 Å². The number of ether oxygens (including phenoxy) is 1. The van der Waals surface area contributed by atoms with Crippen LogP contribution in [0, 0.1) is 11.8 Å². The number of benzene rings is 2. The Kier molecular flexibility index (Phi) is 6.86. The van der Waals surface area contributed by atoms with Crippen LogP contribution in [0.25, 0.3) is 0 Å². The van der Waals surface area contributed by atoms with E-state index < -0.39 is 28.9 Å². The Balaban J connectivity index is 1.68. The molecule has 0 aliphatic heterocycles. The molecule has 33 heavy (non-hydrogen) atoms. The van der Waals surface area contributed by atoms with Crippen LogP contribution in [0.15, 0.2) is 59.7 Å². The first-order valence-corrected chi connectivity index (χ1v) is 10.8. The highest BCUT2D eigenvalue weighted by Gasteiger charge is 2.51. The van der Waals surface area contributed by atoms with Crippen LogP contribution in [0.3, 0.4) is 0 Å². The smallest absolute Gasteiger partial charge is 0.336 e. The molecule has 1 saturated carbocycles. The van der Waals surface area contributed by atoms with Gasteiger partial charge < -0.3 is 21.2 Å². The van der Waals surface area contributed by atoms with E-state index in [0.717, 1.165) is 5.56 Å². The van der Waals surface area contributed by atoms with E-state index in [2.05, 4.69) is 15.7 Å². The Morgan fingerprint density at radius 1 is 0.970 bits per heavy atom. The van der Waals surface area contributed by atoms with Crippen LogP contribution < -0.4 is 16.5 Å². The number of anilines is 1. The maximum atomic E-state index is 13.1. The minimum Gasteiger partial charge on any atom is -0.458 e. The SMILES string of the molecule is CC(C)(C)OC(=O)C(C)(NC(=O)C1CC1C(=O)Nc1ccc(C=NN)cc1)c1ccccc1. The summed E-state index contributed by atoms with van der Waals surface area (Å²) in [5.74, 6) is 3.00. The third-order valence-electron chi connectivity index (χ3n) is 5.40. The Morgan fingerprint density at radius 2 is 1.58 bits per heavy atom. The first-order valence-electron chi connectivity index (χ1n) is 10.8. The lowest BCUT2D eigenvalue weighted by Gasteiger charge is -2.32. The third kappa shape index (κ3) is 5.97. The molecule has 0 radical (unpaired) electrons. The number of carbonyl (C=O) groups excluding carboxylic acids is 3. The van der Waals surface area contributed by atoms with Crippen LogP contribution >= 0.6 is 0 Å². The van der Waals surface area contributed by atoms with Crippen molar-refractivity contribution in [2.24, 2.45) is 22.8 Å². The van der Waals surface area contributed by atoms with Gasteiger partial charge in [0, 0.05) is 5.69 Å². The Hall–Kier alpha value is -3.68. The van der Waals surface area contributed by atoms with Crippen molar-refractivity contribution >= 4 is 29.7 Å². The molecule has 3 rings (SSSR count). The molecule has 1 aliphatic carbocycles. The van der Waals surface area contributed by atoms with Gasteiger partial charge in [-0.15, -0.1) is 0 Å². The van der Waals surface area contributed by atoms with Crippen molar-refractivity contribution < 1.29 is 19.1 Å². The van der Waals surface area contributed by atoms with E-state index in [0.29, 0.717) is 17.7 Å². The number of hydrogen-bond acceptors (Lipinski definition) is 6. The summed E-state index contributed by atoms with van der Waals surface area (Å²) in [5, 5.41) is 9.12. The maximum Gasteiger partial charge on any atom is 0.336 e. The number of nitrogens with two attached hydrogens (primary N) is 1. The summed E-state index contributed by atoms with van der Waals surface area (Å²) in [6.45, 7) is 6.94. The summed E-state index contributed by atoms with van der Waals surface area (Å²) in [6, 6.07) is 16.0. The van der Waals surface area contributed by atoms with Gasteiger partial charge in [-0.05, 0) is 57.4 Å². The molecular weight excluding hydrogens is 420 g/mol. The van der Waals surface area contributed by atoms with Crippen molar-refractivity contribution in [3.63, 3.8) is 0 Å². The van der Waals surface area contributed by atoms with Gasteiger partial charge in [-0.3, -0.25) is 9.59 Å². The number of carbonyl (C=O) groups is 3. The molecule has 2 aromatic carbocycles. The lowest BCUT2D eigenvalue weighted by Crippen LogP contribution is -2.52. The first kappa shape index (κ1) is 24.0. The molecule has 8 nitrogen and oxygen atoms in total. The molecule has 0 bridgehead atoms. The van der Waals surface area contributed by atoms with E-state index in [1.54, 1.807) is 76.2 Å². The molecule has 0 aromatic heterocycles. The fourth-order valence-corrected chi connectivity index (χ4v) is 3.48. The zero-order chi connectivity index (χ0) is 24.2. The summed E-state index contributed by atoms with van der Waals surface area (Å²) in [5.41, 5.74) is -0.0684. The lowest BCUT2D eigenvalue weighted by atomic mass is 9.91. The van der Waals surface area contributed by atoms with E-state index in [-0.39, 0.29) is 11.8 Å². The number of amides is 2. The average Bonchev–Trinajstić information content (AvgIpc) is 3.56. The summed E-state index contributed by atoms with van der Waals surface area (Å²) < 4.78 is 5.59. The van der Waals surface area contributed by atoms with Gasteiger partial charge in [0.2, 0.25) is 11.8 Å². The topological polar surface area (TPSA) is 123 Å². The highest BCUT2D eigenvalue weighted by molar-refractivity contribution is 6.00. The second kappa shape index (κ2) is 9.44. The summed E-state index contributed by atoms with van der Waals surface area (Å²) in [7, 11) is 0. The van der Waals surface area contributed by atoms with E-state index in [4.69, 9.17) is 10.6 Å². The van der Waals surface area contributed by atoms with Crippen molar-refractivity contribution in [2.75, 3.05) is 5.32 Å². The highest BCUT2D eigenvalue weighted by Crippen LogP contribution is 2.40. The van der Waals surface area contributed by atoms with Gasteiger partial charge in [0.05, 0.1) is 18.1 Å². The third-order valence-corrected chi connectivity index (χ3v) is 5.40. The number of esters is 1. The van der Waals surface area contributed by atoms with Crippen molar-refractivity contribution in [2.45, 2.75) is 45.3 Å². The number of nitrogens with zero attached hydrogens (tertiary/aromatic N) is 1. The fourth-order valence-electron chi connectivity index (χ4n) is 3.48. The minimum absolute atomic E-state index is 0.242. The van der Waals surface area contributed by atoms with Crippen molar-refractivity contribution in [1.29, 1.82) is 0 Å². The van der Waals surface area contributed by atoms with Crippen LogP contribution in [0.2, 0.25) is 0 Å². The number of hydrazone groups is 1. The van der Waals surface area contributed by atoms with Gasteiger partial charge >= 0.3 is 5.97 Å². The summed E-state index contributed by atoms with van der Waals surface area (Å²) >= 11 is 0. The second-order valence-electron chi connectivity index (χ2n) is 9.32. The molecule has 1 aliphatic rings. The molecular formula is C25H30N4O4. The Morgan fingerprint density at radius 3 is 2.15 bits per heavy atom. The Bertz CT molecular complexity index is 1040. The molecule has 0 saturated heterocycles. The zero-order valence-electron chi connectivity index (χ0n) is 19.3. The molecule has 8 heteroatoms. The lowest BCUT2D eigenvalue weighted by molar-refractivity contribution is -0.164. The standard InChI is InChI=1S/C25H30N4O4/c1-24(2,3)33-23(32)25(4,17-8-6-5-7-9-17)29-22(31)20-14-19(20)21(30)28-18-12-10-16(11-13-18)15-27-26/h5-13,15,19-20H,14,26H2,1-4H3,(H,28,30)(H,29,31). The molecule has 0 spiro atoms. The van der Waals surface area contributed by atoms with Crippen molar-refractivity contribution in [3.8, 4) is 0 Å². The Labute approximate surface area is 193 Å². The average molecular weight is 451 g/mol. The number of rotatable bonds is 7. The quantitative estimate of drug-likeness (QED) is 0.259. The number of hydrogen-bond donors (Lipinski definition) is 3. The predicted octanol–water partition coefficient (Wildman–Crippen LogP) is 2.93. The van der Waals surface area contributed by atoms with Gasteiger partial charge in [0.25, 0.3) is 0 Å². The van der Waals surface area contributed by atoms with Gasteiger partial charge in [0.15, 0.2) is 5.54 Å². The van der Waals surface area contributed by atoms with Crippen LogP contribution in [0.1, 0.15) is 45.2 Å². The second-order valence-corrected chi connectivity index (χ2v) is 9.32. The molecule has 1 fully saturated rings. The molecule has 2 amide bonds. The normalized spacial score (nSPS) is 19.4. The van der Waals surface area contributed by atoms with Crippen LogP contribution in [0.4, 0.5) is 5.69 Å². The first-order chi connectivity index (χ1) is 15.5. The largest absolute Gasteiger partial charge is 0.458 e. The van der Waals surface area contributed by atoms with Crippen molar-refractivity contribution in [3.05, 3.63) is 65.7 Å². The predicted molar refractivity (Wildman–Crippen MR) is 126 cm³/mol. The molecule has 3 atom stereocenters. The monoisotopic (exact) mass is 450 g/mol. The molecule has 3 unspecified atom stereocenters. The molecule has 4 N–H and O–H groups in total.